The molecule has 0 amide bonds. The van der Waals surface area contributed by atoms with Crippen LogP contribution in [0, 0.1) is 6.92 Å². The minimum Gasteiger partial charge on any atom is -0.461 e. The Labute approximate surface area is 164 Å². The molecule has 0 unspecified atom stereocenters. The van der Waals surface area contributed by atoms with Crippen molar-refractivity contribution in [1.29, 1.82) is 0 Å². The maximum Gasteiger partial charge on any atom is 0.198 e. The van der Waals surface area contributed by atoms with Crippen LogP contribution in [0.5, 0.6) is 0 Å². The van der Waals surface area contributed by atoms with E-state index in [9.17, 15) is 0 Å². The molecule has 28 heavy (non-hydrogen) atoms. The van der Waals surface area contributed by atoms with E-state index in [1.54, 1.807) is 6.26 Å². The van der Waals surface area contributed by atoms with Crippen molar-refractivity contribution in [2.45, 2.75) is 6.92 Å². The highest BCUT2D eigenvalue weighted by Crippen LogP contribution is 2.29. The van der Waals surface area contributed by atoms with E-state index >= 15 is 0 Å². The van der Waals surface area contributed by atoms with E-state index in [0.717, 1.165) is 42.9 Å². The van der Waals surface area contributed by atoms with Crippen molar-refractivity contribution in [3.8, 4) is 11.6 Å². The lowest BCUT2D eigenvalue weighted by Crippen LogP contribution is -2.47. The van der Waals surface area contributed by atoms with Crippen LogP contribution in [0.3, 0.4) is 0 Å². The summed E-state index contributed by atoms with van der Waals surface area (Å²) in [6.07, 6.45) is 1.66. The highest BCUT2D eigenvalue weighted by Gasteiger charge is 2.21. The Balaban J connectivity index is 1.45. The minimum absolute atomic E-state index is 0.639. The third kappa shape index (κ3) is 3.09. The van der Waals surface area contributed by atoms with Gasteiger partial charge < -0.3 is 14.2 Å². The zero-order valence-corrected chi connectivity index (χ0v) is 15.9. The molecule has 0 N–H and O–H groups in total. The maximum atomic E-state index is 5.54. The Kier molecular flexibility index (Phi) is 4.20. The Morgan fingerprint density at radius 2 is 1.54 bits per heavy atom. The quantitative estimate of drug-likeness (QED) is 0.530. The van der Waals surface area contributed by atoms with Gasteiger partial charge in [-0.05, 0) is 43.3 Å². The zero-order valence-electron chi connectivity index (χ0n) is 15.9. The summed E-state index contributed by atoms with van der Waals surface area (Å²) in [4.78, 5) is 14.4. The van der Waals surface area contributed by atoms with Gasteiger partial charge in [0.05, 0.1) is 11.8 Å². The first kappa shape index (κ1) is 16.8. The molecule has 1 aliphatic heterocycles. The number of hydrogen-bond donors (Lipinski definition) is 0. The molecule has 0 saturated carbocycles. The Morgan fingerprint density at radius 3 is 2.29 bits per heavy atom. The van der Waals surface area contributed by atoms with Gasteiger partial charge >= 0.3 is 0 Å². The van der Waals surface area contributed by atoms with Crippen molar-refractivity contribution >= 4 is 22.4 Å². The first-order valence-corrected chi connectivity index (χ1v) is 9.65. The number of aryl methyl sites for hydroxylation is 1. The maximum absolute atomic E-state index is 5.54. The van der Waals surface area contributed by atoms with Crippen LogP contribution >= 0.6 is 0 Å². The van der Waals surface area contributed by atoms with Crippen LogP contribution in [0.15, 0.2) is 71.3 Å². The highest BCUT2D eigenvalue weighted by atomic mass is 16.3. The Bertz CT molecular complexity index is 1080. The van der Waals surface area contributed by atoms with Gasteiger partial charge in [0, 0.05) is 37.3 Å². The van der Waals surface area contributed by atoms with Gasteiger partial charge in [-0.1, -0.05) is 29.8 Å². The van der Waals surface area contributed by atoms with Crippen molar-refractivity contribution in [3.63, 3.8) is 0 Å². The van der Waals surface area contributed by atoms with Gasteiger partial charge in [-0.15, -0.1) is 0 Å². The predicted molar refractivity (Wildman–Crippen MR) is 113 cm³/mol. The number of rotatable bonds is 3. The first-order valence-electron chi connectivity index (χ1n) is 9.65. The molecule has 5 nitrogen and oxygen atoms in total. The predicted octanol–water partition coefficient (Wildman–Crippen LogP) is 4.52. The lowest BCUT2D eigenvalue weighted by atomic mass is 10.1. The number of aromatic nitrogens is 2. The van der Waals surface area contributed by atoms with E-state index in [-0.39, 0.29) is 0 Å². The summed E-state index contributed by atoms with van der Waals surface area (Å²) in [7, 11) is 0. The number of furan rings is 1. The Morgan fingerprint density at radius 1 is 0.786 bits per heavy atom. The smallest absolute Gasteiger partial charge is 0.198 e. The van der Waals surface area contributed by atoms with Gasteiger partial charge in [0.15, 0.2) is 11.6 Å². The third-order valence-corrected chi connectivity index (χ3v) is 5.30. The topological polar surface area (TPSA) is 45.4 Å². The van der Waals surface area contributed by atoms with E-state index in [0.29, 0.717) is 11.6 Å². The summed E-state index contributed by atoms with van der Waals surface area (Å²) in [5.74, 6) is 2.32. The van der Waals surface area contributed by atoms with E-state index in [2.05, 4.69) is 47.1 Å². The normalized spacial score (nSPS) is 14.6. The molecule has 2 aromatic carbocycles. The molecule has 5 heteroatoms. The fourth-order valence-corrected chi connectivity index (χ4v) is 3.75. The summed E-state index contributed by atoms with van der Waals surface area (Å²) in [5.41, 5.74) is 3.52. The molecule has 0 radical (unpaired) electrons. The second-order valence-corrected chi connectivity index (χ2v) is 7.17. The van der Waals surface area contributed by atoms with Crippen LogP contribution in [-0.2, 0) is 0 Å². The molecule has 0 aliphatic carbocycles. The molecular weight excluding hydrogens is 348 g/mol. The average Bonchev–Trinajstić information content (AvgIpc) is 3.29. The molecule has 5 rings (SSSR count). The third-order valence-electron chi connectivity index (χ3n) is 5.30. The zero-order chi connectivity index (χ0) is 18.9. The fourth-order valence-electron chi connectivity index (χ4n) is 3.75. The van der Waals surface area contributed by atoms with E-state index < -0.39 is 0 Å². The molecule has 4 aromatic rings. The number of para-hydroxylation sites is 1. The fraction of sp³-hybridized carbons (Fsp3) is 0.217. The number of anilines is 2. The number of piperazine rings is 1. The van der Waals surface area contributed by atoms with Gasteiger partial charge in [-0.3, -0.25) is 0 Å². The van der Waals surface area contributed by atoms with Crippen LogP contribution in [0.1, 0.15) is 5.56 Å². The standard InChI is InChI=1S/C23H22N4O/c1-17-8-10-18(11-9-17)26-12-14-27(15-13-26)23-19-5-2-3-6-20(19)24-22(25-23)21-7-4-16-28-21/h2-11,16H,12-15H2,1H3. The number of fused-ring (bicyclic) bond motifs is 1. The number of benzene rings is 2. The summed E-state index contributed by atoms with van der Waals surface area (Å²) >= 11 is 0. The van der Waals surface area contributed by atoms with Gasteiger partial charge in [0.1, 0.15) is 5.82 Å². The van der Waals surface area contributed by atoms with Crippen LogP contribution in [0.4, 0.5) is 11.5 Å². The largest absolute Gasteiger partial charge is 0.461 e. The van der Waals surface area contributed by atoms with Gasteiger partial charge in [-0.25, -0.2) is 9.97 Å². The molecule has 2 aromatic heterocycles. The minimum atomic E-state index is 0.639. The molecular formula is C23H22N4O. The van der Waals surface area contributed by atoms with E-state index in [1.807, 2.05) is 30.3 Å². The summed E-state index contributed by atoms with van der Waals surface area (Å²) in [5, 5.41) is 1.08. The average molecular weight is 370 g/mol. The molecule has 140 valence electrons. The molecule has 1 fully saturated rings. The van der Waals surface area contributed by atoms with Crippen LogP contribution in [0.2, 0.25) is 0 Å². The lowest BCUT2D eigenvalue weighted by molar-refractivity contribution is 0.577. The molecule has 1 aliphatic rings. The van der Waals surface area contributed by atoms with Gasteiger partial charge in [0.25, 0.3) is 0 Å². The Hall–Kier alpha value is -3.34. The van der Waals surface area contributed by atoms with Crippen molar-refractivity contribution in [3.05, 3.63) is 72.5 Å². The monoisotopic (exact) mass is 370 g/mol. The van der Waals surface area contributed by atoms with Crippen molar-refractivity contribution < 1.29 is 4.42 Å². The van der Waals surface area contributed by atoms with Crippen LogP contribution in [0.25, 0.3) is 22.5 Å². The van der Waals surface area contributed by atoms with Gasteiger partial charge in [-0.2, -0.15) is 0 Å². The number of nitrogens with zero attached hydrogens (tertiary/aromatic N) is 4. The SMILES string of the molecule is Cc1ccc(N2CCN(c3nc(-c4ccco4)nc4ccccc34)CC2)cc1. The first-order chi connectivity index (χ1) is 13.8. The molecule has 0 atom stereocenters. The van der Waals surface area contributed by atoms with Crippen LogP contribution < -0.4 is 9.80 Å². The summed E-state index contributed by atoms with van der Waals surface area (Å²) < 4.78 is 5.54. The van der Waals surface area contributed by atoms with E-state index in [1.165, 1.54) is 11.3 Å². The van der Waals surface area contributed by atoms with E-state index in [4.69, 9.17) is 14.4 Å². The number of hydrogen-bond acceptors (Lipinski definition) is 5. The van der Waals surface area contributed by atoms with Crippen molar-refractivity contribution in [2.24, 2.45) is 0 Å². The second-order valence-electron chi connectivity index (χ2n) is 7.17. The van der Waals surface area contributed by atoms with Gasteiger partial charge in [0.2, 0.25) is 0 Å². The summed E-state index contributed by atoms with van der Waals surface area (Å²) in [6.45, 7) is 5.91. The lowest BCUT2D eigenvalue weighted by Gasteiger charge is -2.37. The summed E-state index contributed by atoms with van der Waals surface area (Å²) in [6, 6.07) is 20.7. The second kappa shape index (κ2) is 7.00. The highest BCUT2D eigenvalue weighted by molar-refractivity contribution is 5.91. The van der Waals surface area contributed by atoms with Crippen LogP contribution in [-0.4, -0.2) is 36.1 Å². The molecule has 1 saturated heterocycles. The molecule has 0 bridgehead atoms. The molecule has 3 heterocycles. The van der Waals surface area contributed by atoms with Crippen molar-refractivity contribution in [2.75, 3.05) is 36.0 Å². The molecule has 0 spiro atoms. The van der Waals surface area contributed by atoms with Crippen molar-refractivity contribution in [1.82, 2.24) is 9.97 Å².